The normalized spacial score (nSPS) is 11.6. The van der Waals surface area contributed by atoms with Crippen LogP contribution in [0, 0.1) is 0 Å². The van der Waals surface area contributed by atoms with Crippen LogP contribution >= 0.6 is 0 Å². The average molecular weight is 322 g/mol. The predicted molar refractivity (Wildman–Crippen MR) is 76.1 cm³/mol. The number of ether oxygens (including phenoxy) is 1. The Kier molecular flexibility index (Phi) is 3.44. The smallest absolute Gasteiger partial charge is 0.504 e. The molecule has 0 saturated heterocycles. The Morgan fingerprint density at radius 2 is 1.87 bits per heavy atom. The van der Waals surface area contributed by atoms with Gasteiger partial charge in [-0.15, -0.1) is 13.2 Å². The minimum Gasteiger partial charge on any atom is -0.504 e. The molecule has 0 amide bonds. The van der Waals surface area contributed by atoms with Crippen LogP contribution in [-0.2, 0) is 0 Å². The van der Waals surface area contributed by atoms with Crippen LogP contribution < -0.4 is 10.3 Å². The molecular formula is C15H9F3N2O3. The van der Waals surface area contributed by atoms with Gasteiger partial charge in [-0.05, 0) is 30.3 Å². The van der Waals surface area contributed by atoms with Gasteiger partial charge in [-0.2, -0.15) is 0 Å². The molecule has 0 saturated carbocycles. The summed E-state index contributed by atoms with van der Waals surface area (Å²) in [6.45, 7) is 0. The maximum Gasteiger partial charge on any atom is 0.573 e. The number of halogens is 3. The van der Waals surface area contributed by atoms with Gasteiger partial charge in [-0.1, -0.05) is 12.1 Å². The monoisotopic (exact) mass is 322 g/mol. The van der Waals surface area contributed by atoms with Crippen LogP contribution in [0.5, 0.6) is 11.5 Å². The fourth-order valence-corrected chi connectivity index (χ4v) is 2.09. The van der Waals surface area contributed by atoms with Crippen molar-refractivity contribution in [3.8, 4) is 22.9 Å². The van der Waals surface area contributed by atoms with E-state index < -0.39 is 23.4 Å². The first-order valence-corrected chi connectivity index (χ1v) is 6.42. The number of aromatic nitrogens is 2. The summed E-state index contributed by atoms with van der Waals surface area (Å²) in [5.41, 5.74) is 0.152. The summed E-state index contributed by atoms with van der Waals surface area (Å²) < 4.78 is 40.7. The molecule has 23 heavy (non-hydrogen) atoms. The number of nitrogens with zero attached hydrogens (tertiary/aromatic N) is 1. The third kappa shape index (κ3) is 3.10. The van der Waals surface area contributed by atoms with Crippen molar-refractivity contribution >= 4 is 10.9 Å². The Hall–Kier alpha value is -3.03. The summed E-state index contributed by atoms with van der Waals surface area (Å²) in [6.07, 6.45) is -4.94. The number of hydrogen-bond donors (Lipinski definition) is 2. The molecule has 3 aromatic rings. The largest absolute Gasteiger partial charge is 0.573 e. The van der Waals surface area contributed by atoms with E-state index in [4.69, 9.17) is 0 Å². The number of para-hydroxylation sites is 1. The van der Waals surface area contributed by atoms with Gasteiger partial charge in [-0.3, -0.25) is 4.79 Å². The maximum absolute atomic E-state index is 12.3. The van der Waals surface area contributed by atoms with Gasteiger partial charge in [0.2, 0.25) is 0 Å². The number of H-pyrrole nitrogens is 1. The van der Waals surface area contributed by atoms with Gasteiger partial charge in [0.1, 0.15) is 5.82 Å². The lowest BCUT2D eigenvalue weighted by atomic mass is 10.1. The van der Waals surface area contributed by atoms with Crippen molar-refractivity contribution in [3.63, 3.8) is 0 Å². The van der Waals surface area contributed by atoms with Crippen molar-refractivity contribution in [1.82, 2.24) is 9.97 Å². The molecule has 1 heterocycles. The highest BCUT2D eigenvalue weighted by atomic mass is 19.4. The zero-order chi connectivity index (χ0) is 16.6. The number of nitrogens with one attached hydrogen (secondary N) is 1. The van der Waals surface area contributed by atoms with Crippen molar-refractivity contribution in [2.45, 2.75) is 6.36 Å². The van der Waals surface area contributed by atoms with Crippen molar-refractivity contribution in [2.75, 3.05) is 0 Å². The van der Waals surface area contributed by atoms with Gasteiger partial charge in [-0.25, -0.2) is 4.98 Å². The second-order valence-corrected chi connectivity index (χ2v) is 4.66. The van der Waals surface area contributed by atoms with Gasteiger partial charge in [0, 0.05) is 5.56 Å². The quantitative estimate of drug-likeness (QED) is 0.760. The molecule has 0 aliphatic carbocycles. The number of benzene rings is 2. The molecule has 0 spiro atoms. The zero-order valence-electron chi connectivity index (χ0n) is 11.4. The van der Waals surface area contributed by atoms with Crippen LogP contribution in [0.25, 0.3) is 22.3 Å². The summed E-state index contributed by atoms with van der Waals surface area (Å²) in [5.74, 6) is -1.37. The first-order chi connectivity index (χ1) is 10.8. The van der Waals surface area contributed by atoms with E-state index >= 15 is 0 Å². The molecule has 5 nitrogen and oxygen atoms in total. The molecule has 0 atom stereocenters. The van der Waals surface area contributed by atoms with Crippen LogP contribution in [0.15, 0.2) is 47.3 Å². The Morgan fingerprint density at radius 1 is 1.13 bits per heavy atom. The lowest BCUT2D eigenvalue weighted by molar-refractivity contribution is -0.275. The summed E-state index contributed by atoms with van der Waals surface area (Å²) in [5, 5.41) is 9.82. The van der Waals surface area contributed by atoms with Crippen molar-refractivity contribution in [2.24, 2.45) is 0 Å². The number of fused-ring (bicyclic) bond motifs is 1. The minimum atomic E-state index is -4.94. The zero-order valence-corrected chi connectivity index (χ0v) is 11.4. The van der Waals surface area contributed by atoms with Gasteiger partial charge < -0.3 is 14.8 Å². The maximum atomic E-state index is 12.3. The Morgan fingerprint density at radius 3 is 2.61 bits per heavy atom. The lowest BCUT2D eigenvalue weighted by Gasteiger charge is -2.11. The molecule has 0 aliphatic rings. The van der Waals surface area contributed by atoms with E-state index in [1.165, 1.54) is 6.07 Å². The van der Waals surface area contributed by atoms with Crippen LogP contribution in [0.4, 0.5) is 13.2 Å². The van der Waals surface area contributed by atoms with Gasteiger partial charge in [0.05, 0.1) is 10.9 Å². The van der Waals surface area contributed by atoms with E-state index in [2.05, 4.69) is 14.7 Å². The highest BCUT2D eigenvalue weighted by Gasteiger charge is 2.32. The second kappa shape index (κ2) is 5.31. The molecule has 0 unspecified atom stereocenters. The Labute approximate surface area is 127 Å². The van der Waals surface area contributed by atoms with Crippen LogP contribution in [0.2, 0.25) is 0 Å². The summed E-state index contributed by atoms with van der Waals surface area (Å²) >= 11 is 0. The summed E-state index contributed by atoms with van der Waals surface area (Å²) in [4.78, 5) is 18.7. The highest BCUT2D eigenvalue weighted by molar-refractivity contribution is 5.79. The number of phenolic OH excluding ortho intramolecular Hbond substituents is 1. The van der Waals surface area contributed by atoms with E-state index in [1.807, 2.05) is 0 Å². The number of alkyl halides is 3. The van der Waals surface area contributed by atoms with Crippen LogP contribution in [0.3, 0.4) is 0 Å². The lowest BCUT2D eigenvalue weighted by Crippen LogP contribution is -2.17. The molecule has 1 aromatic heterocycles. The van der Waals surface area contributed by atoms with E-state index in [-0.39, 0.29) is 11.4 Å². The second-order valence-electron chi connectivity index (χ2n) is 4.66. The molecule has 0 bridgehead atoms. The minimum absolute atomic E-state index is 0.0701. The topological polar surface area (TPSA) is 75.2 Å². The van der Waals surface area contributed by atoms with Crippen LogP contribution in [0.1, 0.15) is 0 Å². The number of rotatable bonds is 2. The molecule has 118 valence electrons. The van der Waals surface area contributed by atoms with Gasteiger partial charge in [0.15, 0.2) is 11.5 Å². The molecular weight excluding hydrogens is 313 g/mol. The first kappa shape index (κ1) is 14.9. The highest BCUT2D eigenvalue weighted by Crippen LogP contribution is 2.34. The van der Waals surface area contributed by atoms with Crippen LogP contribution in [-0.4, -0.2) is 21.4 Å². The SMILES string of the molecule is O=c1[nH]c(-c2ccc(O)c(OC(F)(F)F)c2)nc2ccccc12. The fraction of sp³-hybridized carbons (Fsp3) is 0.0667. The fourth-order valence-electron chi connectivity index (χ4n) is 2.09. The number of aromatic amines is 1. The number of phenols is 1. The first-order valence-electron chi connectivity index (χ1n) is 6.42. The molecule has 2 aromatic carbocycles. The van der Waals surface area contributed by atoms with Gasteiger partial charge in [0.25, 0.3) is 5.56 Å². The van der Waals surface area contributed by atoms with Crippen molar-refractivity contribution in [1.29, 1.82) is 0 Å². The van der Waals surface area contributed by atoms with E-state index in [0.29, 0.717) is 10.9 Å². The number of aromatic hydroxyl groups is 1. The molecule has 0 fully saturated rings. The van der Waals surface area contributed by atoms with E-state index in [9.17, 15) is 23.1 Å². The third-order valence-electron chi connectivity index (χ3n) is 3.07. The number of hydrogen-bond acceptors (Lipinski definition) is 4. The Bertz CT molecular complexity index is 935. The Balaban J connectivity index is 2.12. The average Bonchev–Trinajstić information content (AvgIpc) is 2.48. The predicted octanol–water partition coefficient (Wildman–Crippen LogP) is 3.19. The molecule has 8 heteroatoms. The van der Waals surface area contributed by atoms with Gasteiger partial charge >= 0.3 is 6.36 Å². The van der Waals surface area contributed by atoms with Crippen molar-refractivity contribution < 1.29 is 23.0 Å². The van der Waals surface area contributed by atoms with E-state index in [0.717, 1.165) is 12.1 Å². The molecule has 0 aliphatic heterocycles. The molecule has 2 N–H and O–H groups in total. The third-order valence-corrected chi connectivity index (χ3v) is 3.07. The molecule has 3 rings (SSSR count). The molecule has 0 radical (unpaired) electrons. The summed E-state index contributed by atoms with van der Waals surface area (Å²) in [7, 11) is 0. The summed E-state index contributed by atoms with van der Waals surface area (Å²) in [6, 6.07) is 9.87. The van der Waals surface area contributed by atoms with E-state index in [1.54, 1.807) is 24.3 Å². The standard InChI is InChI=1S/C15H9F3N2O3/c16-15(17,18)23-12-7-8(5-6-11(12)21)13-19-10-4-2-1-3-9(10)14(22)20-13/h1-7,21H,(H,19,20,22). The van der Waals surface area contributed by atoms with Crippen molar-refractivity contribution in [3.05, 3.63) is 52.8 Å².